The van der Waals surface area contributed by atoms with Crippen LogP contribution in [0.4, 0.5) is 22.0 Å². The summed E-state index contributed by atoms with van der Waals surface area (Å²) in [5.41, 5.74) is -2.37. The molecule has 0 radical (unpaired) electrons. The Morgan fingerprint density at radius 2 is 1.50 bits per heavy atom. The van der Waals surface area contributed by atoms with Gasteiger partial charge in [-0.05, 0) is 13.8 Å². The fourth-order valence-electron chi connectivity index (χ4n) is 0.944. The number of halogens is 5. The highest BCUT2D eigenvalue weighted by molar-refractivity contribution is 5.09. The highest BCUT2D eigenvalue weighted by atomic mass is 19.4. The van der Waals surface area contributed by atoms with Gasteiger partial charge < -0.3 is 4.74 Å². The van der Waals surface area contributed by atoms with Crippen LogP contribution in [0.25, 0.3) is 0 Å². The molecule has 1 heterocycles. The molecule has 1 nitrogen and oxygen atoms in total. The summed E-state index contributed by atoms with van der Waals surface area (Å²) in [5.74, 6) is -4.76. The third-order valence-corrected chi connectivity index (χ3v) is 2.12. The summed E-state index contributed by atoms with van der Waals surface area (Å²) in [6, 6.07) is 0. The van der Waals surface area contributed by atoms with E-state index in [2.05, 4.69) is 4.74 Å². The maximum Gasteiger partial charge on any atom is 0.456 e. The van der Waals surface area contributed by atoms with Gasteiger partial charge in [-0.1, -0.05) is 0 Å². The average Bonchev–Trinajstić information content (AvgIpc) is 2.39. The van der Waals surface area contributed by atoms with Gasteiger partial charge in [0.2, 0.25) is 0 Å². The van der Waals surface area contributed by atoms with Crippen molar-refractivity contribution in [2.75, 3.05) is 0 Å². The molecule has 0 aromatic carbocycles. The van der Waals surface area contributed by atoms with Gasteiger partial charge in [-0.25, -0.2) is 0 Å². The lowest BCUT2D eigenvalue weighted by atomic mass is 10.00. The van der Waals surface area contributed by atoms with E-state index in [0.29, 0.717) is 0 Å². The number of alkyl halides is 5. The normalized spacial score (nSPS) is 36.8. The Labute approximate surface area is 65.5 Å². The zero-order valence-electron chi connectivity index (χ0n) is 6.38. The molecule has 0 spiro atoms. The van der Waals surface area contributed by atoms with Crippen molar-refractivity contribution in [2.45, 2.75) is 37.7 Å². The first-order chi connectivity index (χ1) is 5.13. The zero-order valence-corrected chi connectivity index (χ0v) is 6.38. The van der Waals surface area contributed by atoms with Crippen LogP contribution in [0, 0.1) is 0 Å². The first-order valence-corrected chi connectivity index (χ1v) is 3.25. The summed E-state index contributed by atoms with van der Waals surface area (Å²) >= 11 is 0. The second-order valence-corrected chi connectivity index (χ2v) is 2.94. The van der Waals surface area contributed by atoms with E-state index >= 15 is 0 Å². The Balaban J connectivity index is 2.87. The van der Waals surface area contributed by atoms with Crippen molar-refractivity contribution in [1.29, 1.82) is 0 Å². The highest BCUT2D eigenvalue weighted by Crippen LogP contribution is 2.54. The summed E-state index contributed by atoms with van der Waals surface area (Å²) in [4.78, 5) is 0. The van der Waals surface area contributed by atoms with Crippen molar-refractivity contribution in [1.82, 2.24) is 0 Å². The van der Waals surface area contributed by atoms with Crippen LogP contribution in [-0.4, -0.2) is 23.8 Å². The topological polar surface area (TPSA) is 12.5 Å². The second kappa shape index (κ2) is 2.10. The molecule has 12 heavy (non-hydrogen) atoms. The molecule has 0 amide bonds. The smallest absolute Gasteiger partial charge is 0.360 e. The number of hydrogen-bond acceptors (Lipinski definition) is 1. The second-order valence-electron chi connectivity index (χ2n) is 2.94. The molecule has 0 bridgehead atoms. The van der Waals surface area contributed by atoms with Crippen LogP contribution in [0.3, 0.4) is 0 Å². The third kappa shape index (κ3) is 1.01. The molecule has 1 rings (SSSR count). The monoisotopic (exact) mass is 190 g/mol. The van der Waals surface area contributed by atoms with Gasteiger partial charge in [0.1, 0.15) is 0 Å². The fourth-order valence-corrected chi connectivity index (χ4v) is 0.944. The quantitative estimate of drug-likeness (QED) is 0.456. The van der Waals surface area contributed by atoms with Crippen molar-refractivity contribution in [3.63, 3.8) is 0 Å². The first-order valence-electron chi connectivity index (χ1n) is 3.25. The molecule has 2 unspecified atom stereocenters. The lowest BCUT2D eigenvalue weighted by molar-refractivity contribution is -0.303. The Kier molecular flexibility index (Phi) is 1.70. The molecule has 0 aliphatic carbocycles. The van der Waals surface area contributed by atoms with Gasteiger partial charge in [-0.3, -0.25) is 0 Å². The van der Waals surface area contributed by atoms with Crippen LogP contribution in [0.2, 0.25) is 0 Å². The number of ether oxygens (including phenoxy) is 1. The molecule has 1 aliphatic heterocycles. The summed E-state index contributed by atoms with van der Waals surface area (Å²) in [7, 11) is 0. The number of rotatable bonds is 1. The van der Waals surface area contributed by atoms with E-state index in [1.165, 1.54) is 6.92 Å². The SMILES string of the molecule is CC1OC1(C)C(F)(F)C(F)(F)F. The van der Waals surface area contributed by atoms with Gasteiger partial charge in [0.25, 0.3) is 0 Å². The Morgan fingerprint density at radius 1 is 1.17 bits per heavy atom. The molecule has 1 saturated heterocycles. The summed E-state index contributed by atoms with van der Waals surface area (Å²) in [5, 5.41) is 0. The maximum absolute atomic E-state index is 12.5. The Bertz CT molecular complexity index is 199. The van der Waals surface area contributed by atoms with Gasteiger partial charge in [-0.15, -0.1) is 0 Å². The van der Waals surface area contributed by atoms with E-state index < -0.39 is 23.8 Å². The van der Waals surface area contributed by atoms with E-state index in [-0.39, 0.29) is 0 Å². The average molecular weight is 190 g/mol. The molecular formula is C6H7F5O. The molecule has 72 valence electrons. The first kappa shape index (κ1) is 9.70. The van der Waals surface area contributed by atoms with E-state index in [9.17, 15) is 22.0 Å². The zero-order chi connectivity index (χ0) is 9.78. The predicted octanol–water partition coefficient (Wildman–Crippen LogP) is 2.36. The van der Waals surface area contributed by atoms with Gasteiger partial charge in [-0.2, -0.15) is 22.0 Å². The summed E-state index contributed by atoms with van der Waals surface area (Å²) in [6.07, 6.45) is -6.58. The molecule has 2 atom stereocenters. The van der Waals surface area contributed by atoms with Crippen molar-refractivity contribution in [3.05, 3.63) is 0 Å². The molecule has 1 aliphatic rings. The Morgan fingerprint density at radius 3 is 1.58 bits per heavy atom. The molecule has 0 N–H and O–H groups in total. The van der Waals surface area contributed by atoms with Crippen LogP contribution in [0.15, 0.2) is 0 Å². The largest absolute Gasteiger partial charge is 0.456 e. The van der Waals surface area contributed by atoms with Crippen LogP contribution >= 0.6 is 0 Å². The molecule has 1 fully saturated rings. The van der Waals surface area contributed by atoms with Gasteiger partial charge in [0.15, 0.2) is 5.60 Å². The highest BCUT2D eigenvalue weighted by Gasteiger charge is 2.77. The van der Waals surface area contributed by atoms with Gasteiger partial charge in [0.05, 0.1) is 6.10 Å². The number of epoxide rings is 1. The van der Waals surface area contributed by atoms with E-state index in [0.717, 1.165) is 6.92 Å². The van der Waals surface area contributed by atoms with Crippen LogP contribution in [-0.2, 0) is 4.74 Å². The van der Waals surface area contributed by atoms with E-state index in [1.54, 1.807) is 0 Å². The third-order valence-electron chi connectivity index (χ3n) is 2.12. The minimum absolute atomic E-state index is 0.755. The Hall–Kier alpha value is -0.390. The minimum atomic E-state index is -5.54. The van der Waals surface area contributed by atoms with Crippen LogP contribution < -0.4 is 0 Å². The molecule has 0 aromatic heterocycles. The predicted molar refractivity (Wildman–Crippen MR) is 30.0 cm³/mol. The molecular weight excluding hydrogens is 183 g/mol. The lowest BCUT2D eigenvalue weighted by Gasteiger charge is -2.23. The fraction of sp³-hybridized carbons (Fsp3) is 1.00. The van der Waals surface area contributed by atoms with E-state index in [4.69, 9.17) is 0 Å². The van der Waals surface area contributed by atoms with Crippen molar-refractivity contribution in [3.8, 4) is 0 Å². The van der Waals surface area contributed by atoms with Crippen molar-refractivity contribution >= 4 is 0 Å². The van der Waals surface area contributed by atoms with Gasteiger partial charge in [0, 0.05) is 0 Å². The minimum Gasteiger partial charge on any atom is -0.360 e. The lowest BCUT2D eigenvalue weighted by Crippen LogP contribution is -2.49. The van der Waals surface area contributed by atoms with Crippen molar-refractivity contribution in [2.24, 2.45) is 0 Å². The molecule has 0 saturated carbocycles. The molecule has 6 heteroatoms. The summed E-state index contributed by atoms with van der Waals surface area (Å²) in [6.45, 7) is 1.94. The maximum atomic E-state index is 12.5. The summed E-state index contributed by atoms with van der Waals surface area (Å²) < 4.78 is 64.4. The van der Waals surface area contributed by atoms with Crippen LogP contribution in [0.5, 0.6) is 0 Å². The standard InChI is InChI=1S/C6H7F5O/c1-3-4(2,12-3)5(7,8)6(9,10)11/h3H,1-2H3. The van der Waals surface area contributed by atoms with E-state index in [1.807, 2.05) is 0 Å². The van der Waals surface area contributed by atoms with Crippen molar-refractivity contribution < 1.29 is 26.7 Å². The van der Waals surface area contributed by atoms with Gasteiger partial charge >= 0.3 is 12.1 Å². The van der Waals surface area contributed by atoms with Crippen LogP contribution in [0.1, 0.15) is 13.8 Å². The number of hydrogen-bond donors (Lipinski definition) is 0. The molecule has 0 aromatic rings.